The molecule has 0 aliphatic carbocycles. The highest BCUT2D eigenvalue weighted by Gasteiger charge is 2.10. The van der Waals surface area contributed by atoms with Crippen molar-refractivity contribution in [1.82, 2.24) is 10.5 Å². The first kappa shape index (κ1) is 16.5. The van der Waals surface area contributed by atoms with Crippen LogP contribution in [0.15, 0.2) is 71.2 Å². The third-order valence-corrected chi connectivity index (χ3v) is 4.65. The Bertz CT molecular complexity index is 1130. The maximum atomic E-state index is 11.5. The van der Waals surface area contributed by atoms with Gasteiger partial charge in [0, 0.05) is 26.5 Å². The Morgan fingerprint density at radius 1 is 0.923 bits per heavy atom. The summed E-state index contributed by atoms with van der Waals surface area (Å²) in [6.45, 7) is 0. The lowest BCUT2D eigenvalue weighted by Crippen LogP contribution is -2.18. The van der Waals surface area contributed by atoms with Gasteiger partial charge < -0.3 is 5.32 Å². The first-order valence-corrected chi connectivity index (χ1v) is 8.74. The van der Waals surface area contributed by atoms with Crippen molar-refractivity contribution in [3.8, 4) is 0 Å². The lowest BCUT2D eigenvalue weighted by atomic mass is 10.1. The summed E-state index contributed by atoms with van der Waals surface area (Å²) in [6, 6.07) is 20.8. The number of carbonyl (C=O) groups excluding carboxylic acids is 1. The number of carbonyl (C=O) groups is 1. The zero-order chi connectivity index (χ0) is 18.1. The van der Waals surface area contributed by atoms with Crippen molar-refractivity contribution in [2.45, 2.75) is 0 Å². The molecule has 0 atom stereocenters. The molecule has 3 aromatic carbocycles. The highest BCUT2D eigenvalue weighted by Crippen LogP contribution is 2.34. The van der Waals surface area contributed by atoms with E-state index in [2.05, 4.69) is 21.2 Å². The van der Waals surface area contributed by atoms with Crippen LogP contribution in [0.4, 0.5) is 11.4 Å². The Balaban J connectivity index is 1.86. The molecule has 6 heteroatoms. The van der Waals surface area contributed by atoms with Crippen molar-refractivity contribution in [3.63, 3.8) is 0 Å². The molecule has 0 unspecified atom stereocenters. The van der Waals surface area contributed by atoms with Gasteiger partial charge in [-0.2, -0.15) is 0 Å². The fraction of sp³-hybridized carbons (Fsp3) is 0. The Kier molecular flexibility index (Phi) is 4.28. The highest BCUT2D eigenvalue weighted by molar-refractivity contribution is 9.10. The summed E-state index contributed by atoms with van der Waals surface area (Å²) in [7, 11) is 0. The first-order chi connectivity index (χ1) is 12.7. The Morgan fingerprint density at radius 3 is 2.42 bits per heavy atom. The normalized spacial score (nSPS) is 10.8. The van der Waals surface area contributed by atoms with E-state index in [0.717, 1.165) is 37.7 Å². The van der Waals surface area contributed by atoms with Crippen LogP contribution in [0.1, 0.15) is 10.4 Å². The Labute approximate surface area is 157 Å². The van der Waals surface area contributed by atoms with Crippen LogP contribution in [0, 0.1) is 0 Å². The van der Waals surface area contributed by atoms with Crippen molar-refractivity contribution in [3.05, 3.63) is 76.8 Å². The van der Waals surface area contributed by atoms with Crippen molar-refractivity contribution >= 4 is 55.0 Å². The molecule has 1 heterocycles. The fourth-order valence-electron chi connectivity index (χ4n) is 2.91. The molecule has 0 bridgehead atoms. The van der Waals surface area contributed by atoms with E-state index in [1.54, 1.807) is 29.7 Å². The summed E-state index contributed by atoms with van der Waals surface area (Å²) >= 11 is 3.53. The van der Waals surface area contributed by atoms with E-state index in [-0.39, 0.29) is 0 Å². The third-order valence-electron chi connectivity index (χ3n) is 4.16. The summed E-state index contributed by atoms with van der Waals surface area (Å²) in [5.41, 5.74) is 5.59. The second-order valence-electron chi connectivity index (χ2n) is 5.81. The monoisotopic (exact) mass is 407 g/mol. The van der Waals surface area contributed by atoms with E-state index in [9.17, 15) is 4.79 Å². The van der Waals surface area contributed by atoms with E-state index in [1.807, 2.05) is 42.5 Å². The molecular weight excluding hydrogens is 394 g/mol. The van der Waals surface area contributed by atoms with Crippen molar-refractivity contribution in [2.24, 2.45) is 0 Å². The number of hydrogen-bond donors (Lipinski definition) is 3. The second kappa shape index (κ2) is 6.74. The smallest absolute Gasteiger partial charge is 0.274 e. The Hall–Kier alpha value is -2.96. The summed E-state index contributed by atoms with van der Waals surface area (Å²) in [5.74, 6) is -0.541. The van der Waals surface area contributed by atoms with Gasteiger partial charge in [-0.3, -0.25) is 10.0 Å². The second-order valence-corrected chi connectivity index (χ2v) is 6.72. The minimum absolute atomic E-state index is 0.380. The number of amides is 1. The van der Waals surface area contributed by atoms with Crippen LogP contribution < -0.4 is 10.8 Å². The van der Waals surface area contributed by atoms with Crippen molar-refractivity contribution < 1.29 is 10.0 Å². The maximum Gasteiger partial charge on any atom is 0.274 e. The topological polar surface area (TPSA) is 74.2 Å². The minimum Gasteiger partial charge on any atom is -0.354 e. The number of anilines is 2. The van der Waals surface area contributed by atoms with Gasteiger partial charge in [0.05, 0.1) is 16.7 Å². The number of benzene rings is 3. The molecule has 0 saturated carbocycles. The molecule has 0 aliphatic heterocycles. The largest absolute Gasteiger partial charge is 0.354 e. The van der Waals surface area contributed by atoms with Crippen LogP contribution in [0.5, 0.6) is 0 Å². The van der Waals surface area contributed by atoms with E-state index >= 15 is 0 Å². The number of rotatable bonds is 3. The van der Waals surface area contributed by atoms with Gasteiger partial charge in [0.25, 0.3) is 5.91 Å². The van der Waals surface area contributed by atoms with Crippen LogP contribution in [0.25, 0.3) is 21.8 Å². The lowest BCUT2D eigenvalue weighted by molar-refractivity contribution is 0.0706. The highest BCUT2D eigenvalue weighted by atomic mass is 79.9. The van der Waals surface area contributed by atoms with Gasteiger partial charge in [-0.15, -0.1) is 0 Å². The molecule has 0 radical (unpaired) electrons. The van der Waals surface area contributed by atoms with Gasteiger partial charge in [-0.25, -0.2) is 10.5 Å². The van der Waals surface area contributed by atoms with Gasteiger partial charge in [-0.05, 0) is 48.5 Å². The molecule has 128 valence electrons. The zero-order valence-corrected chi connectivity index (χ0v) is 15.1. The number of hydroxylamine groups is 1. The van der Waals surface area contributed by atoms with Crippen molar-refractivity contribution in [2.75, 3.05) is 5.32 Å². The molecule has 1 amide bonds. The summed E-state index contributed by atoms with van der Waals surface area (Å²) < 4.78 is 0.972. The number of halogens is 1. The quantitative estimate of drug-likeness (QED) is 0.253. The standard InChI is InChI=1S/C20H14BrN3O2/c21-13-7-10-18-16(11-13)19(15-3-1-2-4-17(15)23-18)22-14-8-5-12(6-9-14)20(25)24-26/h1-11,26H,(H,22,23)(H,24,25). The fourth-order valence-corrected chi connectivity index (χ4v) is 3.27. The molecule has 26 heavy (non-hydrogen) atoms. The number of hydrogen-bond acceptors (Lipinski definition) is 4. The van der Waals surface area contributed by atoms with Crippen LogP contribution in [0.3, 0.4) is 0 Å². The SMILES string of the molecule is O=C(NO)c1ccc(Nc2c3ccccc3nc3ccc(Br)cc23)cc1. The average Bonchev–Trinajstić information content (AvgIpc) is 2.68. The number of nitrogens with one attached hydrogen (secondary N) is 2. The van der Waals surface area contributed by atoms with E-state index in [0.29, 0.717) is 5.56 Å². The minimum atomic E-state index is -0.541. The molecule has 4 aromatic rings. The number of para-hydroxylation sites is 1. The van der Waals surface area contributed by atoms with Gasteiger partial charge >= 0.3 is 0 Å². The molecule has 1 aromatic heterocycles. The summed E-state index contributed by atoms with van der Waals surface area (Å²) in [5, 5.41) is 14.2. The zero-order valence-electron chi connectivity index (χ0n) is 13.5. The maximum absolute atomic E-state index is 11.5. The number of pyridine rings is 1. The van der Waals surface area contributed by atoms with Crippen LogP contribution >= 0.6 is 15.9 Å². The summed E-state index contributed by atoms with van der Waals surface area (Å²) in [6.07, 6.45) is 0. The predicted octanol–water partition coefficient (Wildman–Crippen LogP) is 5.01. The molecule has 5 nitrogen and oxygen atoms in total. The lowest BCUT2D eigenvalue weighted by Gasteiger charge is -2.14. The molecular formula is C20H14BrN3O2. The predicted molar refractivity (Wildman–Crippen MR) is 106 cm³/mol. The average molecular weight is 408 g/mol. The number of nitrogens with zero attached hydrogens (tertiary/aromatic N) is 1. The van der Waals surface area contributed by atoms with E-state index in [1.165, 1.54) is 0 Å². The van der Waals surface area contributed by atoms with Gasteiger partial charge in [-0.1, -0.05) is 34.1 Å². The molecule has 0 spiro atoms. The number of aromatic nitrogens is 1. The van der Waals surface area contributed by atoms with Gasteiger partial charge in [0.1, 0.15) is 0 Å². The van der Waals surface area contributed by atoms with Crippen LogP contribution in [0.2, 0.25) is 0 Å². The summed E-state index contributed by atoms with van der Waals surface area (Å²) in [4.78, 5) is 16.2. The number of fused-ring (bicyclic) bond motifs is 2. The molecule has 0 fully saturated rings. The molecule has 0 aliphatic rings. The molecule has 4 rings (SSSR count). The van der Waals surface area contributed by atoms with E-state index in [4.69, 9.17) is 10.2 Å². The van der Waals surface area contributed by atoms with E-state index < -0.39 is 5.91 Å². The van der Waals surface area contributed by atoms with Crippen molar-refractivity contribution in [1.29, 1.82) is 0 Å². The van der Waals surface area contributed by atoms with Gasteiger partial charge in [0.2, 0.25) is 0 Å². The molecule has 3 N–H and O–H groups in total. The van der Waals surface area contributed by atoms with Crippen LogP contribution in [-0.4, -0.2) is 16.1 Å². The molecule has 0 saturated heterocycles. The van der Waals surface area contributed by atoms with Gasteiger partial charge in [0.15, 0.2) is 0 Å². The first-order valence-electron chi connectivity index (χ1n) is 7.95. The third kappa shape index (κ3) is 3.00. The van der Waals surface area contributed by atoms with Crippen LogP contribution in [-0.2, 0) is 0 Å². The Morgan fingerprint density at radius 2 is 1.65 bits per heavy atom.